The van der Waals surface area contributed by atoms with Crippen molar-refractivity contribution in [3.63, 3.8) is 0 Å². The summed E-state index contributed by atoms with van der Waals surface area (Å²) < 4.78 is 10.4. The van der Waals surface area contributed by atoms with Crippen LogP contribution >= 0.6 is 0 Å². The van der Waals surface area contributed by atoms with Gasteiger partial charge in [-0.15, -0.1) is 0 Å². The summed E-state index contributed by atoms with van der Waals surface area (Å²) in [6, 6.07) is 8.75. The first kappa shape index (κ1) is 15.3. The molecular formula is C17H24N2O3. The molecule has 0 spiro atoms. The highest BCUT2D eigenvalue weighted by molar-refractivity contribution is 5.94. The summed E-state index contributed by atoms with van der Waals surface area (Å²) in [6.45, 7) is 1.07. The van der Waals surface area contributed by atoms with Crippen LogP contribution in [0.1, 0.15) is 36.0 Å². The zero-order valence-corrected chi connectivity index (χ0v) is 13.0. The maximum atomic E-state index is 12.3. The Morgan fingerprint density at radius 2 is 1.86 bits per heavy atom. The van der Waals surface area contributed by atoms with E-state index >= 15 is 0 Å². The second-order valence-electron chi connectivity index (χ2n) is 6.15. The van der Waals surface area contributed by atoms with Gasteiger partial charge in [-0.05, 0) is 49.9 Å². The van der Waals surface area contributed by atoms with Gasteiger partial charge in [-0.25, -0.2) is 0 Å². The molecule has 2 aliphatic rings. The smallest absolute Gasteiger partial charge is 0.251 e. The van der Waals surface area contributed by atoms with Gasteiger partial charge in [-0.3, -0.25) is 4.79 Å². The molecule has 0 aliphatic carbocycles. The number of hydrogen-bond donors (Lipinski definition) is 2. The Morgan fingerprint density at radius 1 is 1.18 bits per heavy atom. The highest BCUT2D eigenvalue weighted by Crippen LogP contribution is 2.27. The van der Waals surface area contributed by atoms with Crippen molar-refractivity contribution >= 4 is 5.91 Å². The summed E-state index contributed by atoms with van der Waals surface area (Å²) in [5, 5.41) is 6.76. The molecule has 0 radical (unpaired) electrons. The van der Waals surface area contributed by atoms with Crippen LogP contribution in [0.25, 0.3) is 0 Å². The SMILES string of the molecule is COCCOc1ccc(C(=O)NC2CC3CCC(C2)N3)cc1. The summed E-state index contributed by atoms with van der Waals surface area (Å²) >= 11 is 0. The number of carbonyl (C=O) groups is 1. The van der Waals surface area contributed by atoms with E-state index in [9.17, 15) is 4.79 Å². The van der Waals surface area contributed by atoms with E-state index in [0.717, 1.165) is 18.6 Å². The minimum Gasteiger partial charge on any atom is -0.491 e. The van der Waals surface area contributed by atoms with Crippen LogP contribution in [0.15, 0.2) is 24.3 Å². The third-order valence-electron chi connectivity index (χ3n) is 4.48. The first-order chi connectivity index (χ1) is 10.7. The number of methoxy groups -OCH3 is 1. The molecule has 2 N–H and O–H groups in total. The molecule has 1 amide bonds. The third-order valence-corrected chi connectivity index (χ3v) is 4.48. The average molecular weight is 304 g/mol. The number of ether oxygens (including phenoxy) is 2. The summed E-state index contributed by atoms with van der Waals surface area (Å²) in [5.41, 5.74) is 0.685. The van der Waals surface area contributed by atoms with Gasteiger partial charge in [-0.2, -0.15) is 0 Å². The predicted molar refractivity (Wildman–Crippen MR) is 84.2 cm³/mol. The molecule has 5 nitrogen and oxygen atoms in total. The van der Waals surface area contributed by atoms with E-state index in [-0.39, 0.29) is 5.91 Å². The van der Waals surface area contributed by atoms with E-state index in [1.165, 1.54) is 12.8 Å². The van der Waals surface area contributed by atoms with Gasteiger partial charge in [0.2, 0.25) is 0 Å². The zero-order valence-electron chi connectivity index (χ0n) is 13.0. The fraction of sp³-hybridized carbons (Fsp3) is 0.588. The van der Waals surface area contributed by atoms with Crippen LogP contribution in [0.2, 0.25) is 0 Å². The molecule has 3 rings (SSSR count). The number of nitrogens with one attached hydrogen (secondary N) is 2. The number of amides is 1. The molecule has 2 bridgehead atoms. The van der Waals surface area contributed by atoms with Crippen molar-refractivity contribution in [3.05, 3.63) is 29.8 Å². The quantitative estimate of drug-likeness (QED) is 0.786. The molecule has 120 valence electrons. The topological polar surface area (TPSA) is 59.6 Å². The Kier molecular flexibility index (Phi) is 4.95. The Balaban J connectivity index is 1.51. The normalized spacial score (nSPS) is 26.7. The van der Waals surface area contributed by atoms with Crippen LogP contribution in [0.4, 0.5) is 0 Å². The number of piperidine rings is 1. The van der Waals surface area contributed by atoms with Gasteiger partial charge in [-0.1, -0.05) is 0 Å². The minimum absolute atomic E-state index is 0.00902. The fourth-order valence-corrected chi connectivity index (χ4v) is 3.39. The van der Waals surface area contributed by atoms with Crippen molar-refractivity contribution in [2.75, 3.05) is 20.3 Å². The molecule has 2 fully saturated rings. The molecule has 2 heterocycles. The molecule has 0 aromatic heterocycles. The third kappa shape index (κ3) is 3.78. The summed E-state index contributed by atoms with van der Waals surface area (Å²) in [7, 11) is 1.64. The standard InChI is InChI=1S/C17H24N2O3/c1-21-8-9-22-16-6-2-12(3-7-16)17(20)19-15-10-13-4-5-14(11-15)18-13/h2-3,6-7,13-15,18H,4-5,8-11H2,1H3,(H,19,20). The largest absolute Gasteiger partial charge is 0.491 e. The first-order valence-electron chi connectivity index (χ1n) is 8.03. The minimum atomic E-state index is 0.00902. The molecule has 2 unspecified atom stereocenters. The highest BCUT2D eigenvalue weighted by Gasteiger charge is 2.34. The highest BCUT2D eigenvalue weighted by atomic mass is 16.5. The van der Waals surface area contributed by atoms with Gasteiger partial charge in [0.25, 0.3) is 5.91 Å². The van der Waals surface area contributed by atoms with E-state index in [2.05, 4.69) is 10.6 Å². The fourth-order valence-electron chi connectivity index (χ4n) is 3.39. The molecule has 2 saturated heterocycles. The molecule has 2 atom stereocenters. The first-order valence-corrected chi connectivity index (χ1v) is 8.03. The van der Waals surface area contributed by atoms with Gasteiger partial charge in [0, 0.05) is 30.8 Å². The summed E-state index contributed by atoms with van der Waals surface area (Å²) in [6.07, 6.45) is 4.57. The monoisotopic (exact) mass is 304 g/mol. The zero-order chi connectivity index (χ0) is 15.4. The lowest BCUT2D eigenvalue weighted by Crippen LogP contribution is -2.48. The summed E-state index contributed by atoms with van der Waals surface area (Å²) in [4.78, 5) is 12.3. The Morgan fingerprint density at radius 3 is 2.50 bits per heavy atom. The van der Waals surface area contributed by atoms with Gasteiger partial charge < -0.3 is 20.1 Å². The van der Waals surface area contributed by atoms with Crippen LogP contribution in [0, 0.1) is 0 Å². The van der Waals surface area contributed by atoms with Crippen molar-refractivity contribution < 1.29 is 14.3 Å². The van der Waals surface area contributed by atoms with E-state index in [0.29, 0.717) is 36.9 Å². The van der Waals surface area contributed by atoms with Crippen molar-refractivity contribution in [3.8, 4) is 5.75 Å². The van der Waals surface area contributed by atoms with Crippen molar-refractivity contribution in [2.45, 2.75) is 43.8 Å². The van der Waals surface area contributed by atoms with Gasteiger partial charge >= 0.3 is 0 Å². The number of carbonyl (C=O) groups excluding carboxylic acids is 1. The van der Waals surface area contributed by atoms with E-state index in [1.807, 2.05) is 24.3 Å². The van der Waals surface area contributed by atoms with Crippen LogP contribution in [-0.4, -0.2) is 44.4 Å². The number of hydrogen-bond acceptors (Lipinski definition) is 4. The Labute approximate surface area is 131 Å². The van der Waals surface area contributed by atoms with Crippen LogP contribution in [0.5, 0.6) is 5.75 Å². The van der Waals surface area contributed by atoms with Crippen molar-refractivity contribution in [2.24, 2.45) is 0 Å². The maximum absolute atomic E-state index is 12.3. The van der Waals surface area contributed by atoms with Crippen molar-refractivity contribution in [1.82, 2.24) is 10.6 Å². The van der Waals surface area contributed by atoms with E-state index in [4.69, 9.17) is 9.47 Å². The number of fused-ring (bicyclic) bond motifs is 2. The lowest BCUT2D eigenvalue weighted by Gasteiger charge is -2.29. The second-order valence-corrected chi connectivity index (χ2v) is 6.15. The average Bonchev–Trinajstić information content (AvgIpc) is 2.87. The number of benzene rings is 1. The van der Waals surface area contributed by atoms with Crippen LogP contribution < -0.4 is 15.4 Å². The molecule has 5 heteroatoms. The molecule has 1 aromatic carbocycles. The lowest BCUT2D eigenvalue weighted by molar-refractivity contribution is 0.0924. The Hall–Kier alpha value is -1.59. The summed E-state index contributed by atoms with van der Waals surface area (Å²) in [5.74, 6) is 0.767. The second kappa shape index (κ2) is 7.11. The maximum Gasteiger partial charge on any atom is 0.251 e. The van der Waals surface area contributed by atoms with E-state index < -0.39 is 0 Å². The van der Waals surface area contributed by atoms with Crippen molar-refractivity contribution in [1.29, 1.82) is 0 Å². The molecule has 0 saturated carbocycles. The van der Waals surface area contributed by atoms with E-state index in [1.54, 1.807) is 7.11 Å². The molecule has 1 aromatic rings. The van der Waals surface area contributed by atoms with Gasteiger partial charge in [0.05, 0.1) is 6.61 Å². The van der Waals surface area contributed by atoms with Gasteiger partial charge in [0.15, 0.2) is 0 Å². The Bertz CT molecular complexity index is 491. The predicted octanol–water partition coefficient (Wildman–Crippen LogP) is 1.72. The molecular weight excluding hydrogens is 280 g/mol. The molecule has 22 heavy (non-hydrogen) atoms. The van der Waals surface area contributed by atoms with Crippen LogP contribution in [-0.2, 0) is 4.74 Å². The lowest BCUT2D eigenvalue weighted by atomic mass is 9.99. The van der Waals surface area contributed by atoms with Gasteiger partial charge in [0.1, 0.15) is 12.4 Å². The number of rotatable bonds is 6. The molecule has 2 aliphatic heterocycles. The van der Waals surface area contributed by atoms with Crippen LogP contribution in [0.3, 0.4) is 0 Å².